The molecule has 6 nitrogen and oxygen atoms in total. The van der Waals surface area contributed by atoms with Crippen LogP contribution in [0.5, 0.6) is 0 Å². The van der Waals surface area contributed by atoms with Gasteiger partial charge in [-0.05, 0) is 0 Å². The first kappa shape index (κ1) is 21.1. The van der Waals surface area contributed by atoms with Crippen LogP contribution >= 0.6 is 29.1 Å². The van der Waals surface area contributed by atoms with Crippen LogP contribution in [0, 0.1) is 0 Å². The molecule has 0 amide bonds. The Hall–Kier alpha value is -0.877. The Bertz CT molecular complexity index is 460. The topological polar surface area (TPSA) is 53.5 Å². The maximum absolute atomic E-state index is 4.95. The zero-order valence-electron chi connectivity index (χ0n) is 12.4. The van der Waals surface area contributed by atoms with E-state index in [4.69, 9.17) is 29.1 Å². The van der Waals surface area contributed by atoms with Gasteiger partial charge in [0.2, 0.25) is 0 Å². The van der Waals surface area contributed by atoms with Crippen molar-refractivity contribution in [2.45, 2.75) is 0 Å². The molecule has 3 aromatic heterocycles. The zero-order chi connectivity index (χ0) is 16.8. The van der Waals surface area contributed by atoms with E-state index in [1.807, 2.05) is 53.4 Å². The zero-order valence-corrected chi connectivity index (χ0v) is 16.4. The molecule has 0 saturated heterocycles. The monoisotopic (exact) mass is 453 g/mol. The van der Waals surface area contributed by atoms with Gasteiger partial charge in [-0.15, -0.1) is 0 Å². The van der Waals surface area contributed by atoms with Crippen molar-refractivity contribution < 1.29 is 13.0 Å². The molecule has 0 bridgehead atoms. The fourth-order valence-electron chi connectivity index (χ4n) is 0.977. The second kappa shape index (κ2) is 13.8. The van der Waals surface area contributed by atoms with E-state index < -0.39 is 13.0 Å². The van der Waals surface area contributed by atoms with Crippen molar-refractivity contribution in [2.75, 3.05) is 0 Å². The van der Waals surface area contributed by atoms with E-state index in [1.54, 1.807) is 37.6 Å². The molecule has 0 aromatic carbocycles. The number of halogens is 3. The minimum absolute atomic E-state index is 1.75. The standard InChI is InChI=1S/3C4H6N2.3ClH.Ru/c3*1-6-3-2-5-4-6;;;;/h3*2-4H,1H3;3*1H;/q;;;;;;+3/p-3. The molecule has 3 aromatic rings. The molecule has 0 radical (unpaired) electrons. The van der Waals surface area contributed by atoms with Gasteiger partial charge in [-0.1, -0.05) is 0 Å². The average Bonchev–Trinajstić information content (AvgIpc) is 3.15. The van der Waals surface area contributed by atoms with Crippen molar-refractivity contribution >= 4 is 29.1 Å². The first-order valence-electron chi connectivity index (χ1n) is 5.84. The van der Waals surface area contributed by atoms with Gasteiger partial charge in [-0.25, -0.2) is 15.0 Å². The molecule has 0 atom stereocenters. The van der Waals surface area contributed by atoms with Crippen molar-refractivity contribution in [3.63, 3.8) is 0 Å². The fourth-order valence-corrected chi connectivity index (χ4v) is 0.977. The summed E-state index contributed by atoms with van der Waals surface area (Å²) in [7, 11) is 20.7. The number of hydrogen-bond acceptors (Lipinski definition) is 3. The summed E-state index contributed by atoms with van der Waals surface area (Å²) in [5, 5.41) is 0. The summed E-state index contributed by atoms with van der Waals surface area (Å²) in [5.74, 6) is 0. The third kappa shape index (κ3) is 15.5. The van der Waals surface area contributed by atoms with E-state index in [2.05, 4.69) is 15.0 Å². The third-order valence-corrected chi connectivity index (χ3v) is 1.91. The summed E-state index contributed by atoms with van der Waals surface area (Å²) in [6.07, 6.45) is 16.2. The predicted octanol–water partition coefficient (Wildman–Crippen LogP) is 3.33. The summed E-state index contributed by atoms with van der Waals surface area (Å²) in [5.41, 5.74) is 0. The fraction of sp³-hybridized carbons (Fsp3) is 0.250. The van der Waals surface area contributed by atoms with Gasteiger partial charge in [0.1, 0.15) is 0 Å². The number of aromatic nitrogens is 6. The van der Waals surface area contributed by atoms with Gasteiger partial charge in [0, 0.05) is 58.3 Å². The molecule has 0 spiro atoms. The first-order valence-corrected chi connectivity index (χ1v) is 12.6. The molecule has 22 heavy (non-hydrogen) atoms. The Morgan fingerprint density at radius 3 is 0.909 bits per heavy atom. The maximum atomic E-state index is 4.95. The molecule has 3 heterocycles. The molecule has 3 rings (SSSR count). The van der Waals surface area contributed by atoms with E-state index in [0.29, 0.717) is 0 Å². The summed E-state index contributed by atoms with van der Waals surface area (Å²) in [6, 6.07) is 0. The van der Waals surface area contributed by atoms with E-state index in [-0.39, 0.29) is 0 Å². The molecule has 0 saturated carbocycles. The Kier molecular flexibility index (Phi) is 13.2. The van der Waals surface area contributed by atoms with Gasteiger partial charge in [-0.3, -0.25) is 0 Å². The van der Waals surface area contributed by atoms with Crippen LogP contribution in [0.15, 0.2) is 56.2 Å². The molecule has 0 N–H and O–H groups in total. The Morgan fingerprint density at radius 2 is 0.864 bits per heavy atom. The van der Waals surface area contributed by atoms with Gasteiger partial charge in [0.15, 0.2) is 0 Å². The van der Waals surface area contributed by atoms with Gasteiger partial charge in [-0.2, -0.15) is 0 Å². The molecule has 0 fully saturated rings. The van der Waals surface area contributed by atoms with Crippen LogP contribution < -0.4 is 0 Å². The van der Waals surface area contributed by atoms with Crippen molar-refractivity contribution in [2.24, 2.45) is 21.1 Å². The predicted molar refractivity (Wildman–Crippen MR) is 87.2 cm³/mol. The van der Waals surface area contributed by atoms with Crippen LogP contribution in [-0.2, 0) is 34.1 Å². The molecule has 125 valence electrons. The first-order chi connectivity index (χ1) is 10.4. The Morgan fingerprint density at radius 1 is 0.636 bits per heavy atom. The molecule has 0 aliphatic rings. The van der Waals surface area contributed by atoms with Gasteiger partial charge in [0.25, 0.3) is 0 Å². The molecular weight excluding hydrogens is 436 g/mol. The summed E-state index contributed by atoms with van der Waals surface area (Å²) in [6.45, 7) is 0. The van der Waals surface area contributed by atoms with Gasteiger partial charge < -0.3 is 13.7 Å². The molecule has 0 aliphatic carbocycles. The normalized spacial score (nSPS) is 9.27. The van der Waals surface area contributed by atoms with Crippen molar-refractivity contribution in [3.8, 4) is 0 Å². The van der Waals surface area contributed by atoms with Crippen LogP contribution in [0.1, 0.15) is 0 Å². The Balaban J connectivity index is 0.000000271. The van der Waals surface area contributed by atoms with E-state index in [9.17, 15) is 0 Å². The molecule has 0 unspecified atom stereocenters. The summed E-state index contributed by atoms with van der Waals surface area (Å²) < 4.78 is 5.67. The Labute approximate surface area is 147 Å². The molecular formula is C12H18Cl3N6Ru. The number of aryl methyl sites for hydroxylation is 3. The van der Waals surface area contributed by atoms with E-state index in [0.717, 1.165) is 0 Å². The van der Waals surface area contributed by atoms with Crippen LogP contribution in [-0.4, -0.2) is 28.7 Å². The van der Waals surface area contributed by atoms with Crippen LogP contribution in [0.3, 0.4) is 0 Å². The molecule has 0 aliphatic heterocycles. The number of imidazole rings is 3. The SMILES string of the molecule is Cn1ccnc1.Cn1ccnc1.Cn1ccnc1.[Cl][Ru]([Cl])[Cl]. The third-order valence-electron chi connectivity index (χ3n) is 1.91. The number of hydrogen-bond donors (Lipinski definition) is 0. The number of nitrogens with zero attached hydrogens (tertiary/aromatic N) is 6. The second-order valence-corrected chi connectivity index (χ2v) is 11.8. The summed E-state index contributed by atoms with van der Waals surface area (Å²) in [4.78, 5) is 11.4. The average molecular weight is 454 g/mol. The quantitative estimate of drug-likeness (QED) is 0.491. The van der Waals surface area contributed by atoms with E-state index in [1.165, 1.54) is 0 Å². The number of rotatable bonds is 0. The summed E-state index contributed by atoms with van der Waals surface area (Å²) >= 11 is -1.75. The van der Waals surface area contributed by atoms with Gasteiger partial charge in [0.05, 0.1) is 19.0 Å². The van der Waals surface area contributed by atoms with Crippen LogP contribution in [0.4, 0.5) is 0 Å². The second-order valence-electron chi connectivity index (χ2n) is 3.84. The van der Waals surface area contributed by atoms with Crippen LogP contribution in [0.25, 0.3) is 0 Å². The van der Waals surface area contributed by atoms with Crippen LogP contribution in [0.2, 0.25) is 0 Å². The van der Waals surface area contributed by atoms with Crippen molar-refractivity contribution in [1.29, 1.82) is 0 Å². The van der Waals surface area contributed by atoms with Crippen molar-refractivity contribution in [1.82, 2.24) is 28.7 Å². The minimum atomic E-state index is -1.75. The van der Waals surface area contributed by atoms with Gasteiger partial charge >= 0.3 is 42.1 Å². The molecule has 10 heteroatoms. The van der Waals surface area contributed by atoms with Crippen molar-refractivity contribution in [3.05, 3.63) is 56.2 Å². The van der Waals surface area contributed by atoms with E-state index >= 15 is 0 Å².